The maximum Gasteiger partial charge on any atom is 0.410 e. The van der Waals surface area contributed by atoms with Gasteiger partial charge >= 0.3 is 6.09 Å². The number of hydrogen-bond donors (Lipinski definition) is 0. The summed E-state index contributed by atoms with van der Waals surface area (Å²) in [6.07, 6.45) is 1.57. The number of rotatable bonds is 10. The van der Waals surface area contributed by atoms with Gasteiger partial charge in [-0.15, -0.1) is 0 Å². The molecular formula is C47H45N5O3. The molecule has 1 atom stereocenters. The van der Waals surface area contributed by atoms with Crippen LogP contribution >= 0.6 is 0 Å². The molecule has 0 aliphatic carbocycles. The van der Waals surface area contributed by atoms with Crippen molar-refractivity contribution in [1.29, 1.82) is 0 Å². The number of amides is 1. The minimum absolute atomic E-state index is 0.0109. The molecule has 8 rings (SSSR count). The second-order valence-electron chi connectivity index (χ2n) is 14.3. The van der Waals surface area contributed by atoms with E-state index in [4.69, 9.17) is 19.6 Å². The predicted molar refractivity (Wildman–Crippen MR) is 218 cm³/mol. The van der Waals surface area contributed by atoms with Crippen LogP contribution in [0.15, 0.2) is 158 Å². The zero-order valence-electron chi connectivity index (χ0n) is 31.5. The molecule has 3 heterocycles. The lowest BCUT2D eigenvalue weighted by Crippen LogP contribution is -2.54. The fourth-order valence-corrected chi connectivity index (χ4v) is 7.79. The van der Waals surface area contributed by atoms with Gasteiger partial charge in [0.1, 0.15) is 29.4 Å². The number of hydrogen-bond acceptors (Lipinski definition) is 6. The predicted octanol–water partition coefficient (Wildman–Crippen LogP) is 9.57. The molecule has 0 spiro atoms. The third-order valence-electron chi connectivity index (χ3n) is 10.3. The largest absolute Gasteiger partial charge is 0.491 e. The smallest absolute Gasteiger partial charge is 0.410 e. The number of nitrogens with zero attached hydrogens (tertiary/aromatic N) is 5. The van der Waals surface area contributed by atoms with Crippen molar-refractivity contribution in [2.45, 2.75) is 45.1 Å². The Morgan fingerprint density at radius 2 is 1.36 bits per heavy atom. The van der Waals surface area contributed by atoms with Gasteiger partial charge in [-0.25, -0.2) is 14.5 Å². The zero-order valence-corrected chi connectivity index (χ0v) is 31.5. The third-order valence-corrected chi connectivity index (χ3v) is 10.3. The highest BCUT2D eigenvalue weighted by molar-refractivity contribution is 5.95. The van der Waals surface area contributed by atoms with Gasteiger partial charge in [0.25, 0.3) is 0 Å². The van der Waals surface area contributed by atoms with E-state index in [9.17, 15) is 4.79 Å². The Morgan fingerprint density at radius 3 is 1.95 bits per heavy atom. The summed E-state index contributed by atoms with van der Waals surface area (Å²) < 4.78 is 14.1. The Labute approximate surface area is 322 Å². The second kappa shape index (κ2) is 15.5. The van der Waals surface area contributed by atoms with Crippen molar-refractivity contribution in [1.82, 2.24) is 19.7 Å². The van der Waals surface area contributed by atoms with Gasteiger partial charge in [-0.05, 0) is 73.4 Å². The van der Waals surface area contributed by atoms with Gasteiger partial charge in [-0.3, -0.25) is 0 Å². The average molecular weight is 728 g/mol. The molecule has 55 heavy (non-hydrogen) atoms. The number of carbonyl (C=O) groups is 1. The summed E-state index contributed by atoms with van der Waals surface area (Å²) in [5.41, 5.74) is 6.18. The van der Waals surface area contributed by atoms with Crippen molar-refractivity contribution in [3.8, 4) is 17.0 Å². The fourth-order valence-electron chi connectivity index (χ4n) is 7.79. The van der Waals surface area contributed by atoms with E-state index >= 15 is 0 Å². The zero-order chi connectivity index (χ0) is 37.8. The SMILES string of the molecule is CC(C)Oc1ccc2c(c1)c(-c1ccnc(N3CCN(C(=O)OCc4ccccc4)C(C)C3)c1)nn2C(c1ccccc1)(c1ccccc1)c1ccccc1. The summed E-state index contributed by atoms with van der Waals surface area (Å²) in [7, 11) is 0. The van der Waals surface area contributed by atoms with Crippen molar-refractivity contribution in [2.75, 3.05) is 24.5 Å². The number of piperazine rings is 1. The van der Waals surface area contributed by atoms with Crippen LogP contribution in [0.5, 0.6) is 5.75 Å². The highest BCUT2D eigenvalue weighted by Gasteiger charge is 2.41. The lowest BCUT2D eigenvalue weighted by Gasteiger charge is -2.39. The molecule has 8 heteroatoms. The molecule has 1 saturated heterocycles. The number of fused-ring (bicyclic) bond motifs is 1. The molecule has 276 valence electrons. The van der Waals surface area contributed by atoms with Gasteiger partial charge in [0.2, 0.25) is 0 Å². The van der Waals surface area contributed by atoms with Gasteiger partial charge in [-0.1, -0.05) is 121 Å². The standard InChI is InChI=1S/C47H45N5O3/c1-34(2)55-41-24-25-43-42(31-41)45(49-52(43)47(38-18-10-5-11-19-38,39-20-12-6-13-21-39)40-22-14-7-15-23-40)37-26-27-48-44(30-37)50-28-29-51(35(3)32-50)46(53)54-33-36-16-8-4-9-17-36/h4-27,30-31,34-35H,28-29,32-33H2,1-3H3. The summed E-state index contributed by atoms with van der Waals surface area (Å²) in [6, 6.07) is 52.0. The molecule has 1 aliphatic rings. The number of ether oxygens (including phenoxy) is 2. The topological polar surface area (TPSA) is 72.7 Å². The minimum Gasteiger partial charge on any atom is -0.491 e. The quantitative estimate of drug-likeness (QED) is 0.131. The molecule has 8 nitrogen and oxygen atoms in total. The summed E-state index contributed by atoms with van der Waals surface area (Å²) in [6.45, 7) is 8.17. The van der Waals surface area contributed by atoms with Crippen molar-refractivity contribution < 1.29 is 14.3 Å². The van der Waals surface area contributed by atoms with Gasteiger partial charge in [-0.2, -0.15) is 5.10 Å². The molecule has 1 aliphatic heterocycles. The molecular weight excluding hydrogens is 683 g/mol. The molecule has 0 radical (unpaired) electrons. The molecule has 1 amide bonds. The molecule has 1 unspecified atom stereocenters. The third kappa shape index (κ3) is 7.03. The maximum atomic E-state index is 13.1. The summed E-state index contributed by atoms with van der Waals surface area (Å²) in [5.74, 6) is 1.62. The number of anilines is 1. The first-order valence-corrected chi connectivity index (χ1v) is 19.0. The fraction of sp³-hybridized carbons (Fsp3) is 0.213. The summed E-state index contributed by atoms with van der Waals surface area (Å²) in [5, 5.41) is 6.58. The second-order valence-corrected chi connectivity index (χ2v) is 14.3. The van der Waals surface area contributed by atoms with E-state index in [1.165, 1.54) is 0 Å². The lowest BCUT2D eigenvalue weighted by atomic mass is 9.77. The Bertz CT molecular complexity index is 2270. The van der Waals surface area contributed by atoms with Crippen LogP contribution in [0.4, 0.5) is 10.6 Å². The van der Waals surface area contributed by atoms with Gasteiger partial charge < -0.3 is 19.3 Å². The first-order chi connectivity index (χ1) is 26.9. The van der Waals surface area contributed by atoms with Crippen LogP contribution in [-0.2, 0) is 16.9 Å². The average Bonchev–Trinajstić information content (AvgIpc) is 3.60. The van der Waals surface area contributed by atoms with E-state index < -0.39 is 5.54 Å². The first kappa shape index (κ1) is 35.6. The van der Waals surface area contributed by atoms with Crippen LogP contribution in [0.3, 0.4) is 0 Å². The van der Waals surface area contributed by atoms with E-state index in [0.29, 0.717) is 19.6 Å². The molecule has 2 aromatic heterocycles. The first-order valence-electron chi connectivity index (χ1n) is 19.0. The van der Waals surface area contributed by atoms with Gasteiger partial charge in [0.05, 0.1) is 11.6 Å². The van der Waals surface area contributed by atoms with Crippen LogP contribution in [-0.4, -0.2) is 57.5 Å². The van der Waals surface area contributed by atoms with Crippen LogP contribution in [0.2, 0.25) is 0 Å². The monoisotopic (exact) mass is 727 g/mol. The molecule has 7 aromatic rings. The van der Waals surface area contributed by atoms with Crippen molar-refractivity contribution in [3.63, 3.8) is 0 Å². The minimum atomic E-state index is -0.808. The number of benzene rings is 5. The van der Waals surface area contributed by atoms with E-state index in [1.54, 1.807) is 0 Å². The van der Waals surface area contributed by atoms with Gasteiger partial charge in [0.15, 0.2) is 0 Å². The van der Waals surface area contributed by atoms with E-state index in [0.717, 1.165) is 56.0 Å². The van der Waals surface area contributed by atoms with E-state index in [1.807, 2.05) is 67.4 Å². The van der Waals surface area contributed by atoms with Crippen LogP contribution < -0.4 is 9.64 Å². The molecule has 1 fully saturated rings. The Kier molecular flexibility index (Phi) is 10.0. The van der Waals surface area contributed by atoms with Crippen LogP contribution in [0.25, 0.3) is 22.2 Å². The van der Waals surface area contributed by atoms with Crippen LogP contribution in [0, 0.1) is 0 Å². The van der Waals surface area contributed by atoms with E-state index in [2.05, 4.69) is 126 Å². The molecule has 5 aromatic carbocycles. The number of aromatic nitrogens is 3. The highest BCUT2D eigenvalue weighted by atomic mass is 16.6. The maximum absolute atomic E-state index is 13.1. The van der Waals surface area contributed by atoms with Gasteiger partial charge in [0, 0.05) is 42.8 Å². The Hall–Kier alpha value is -6.41. The summed E-state index contributed by atoms with van der Waals surface area (Å²) in [4.78, 5) is 22.0. The Morgan fingerprint density at radius 1 is 0.764 bits per heavy atom. The van der Waals surface area contributed by atoms with Crippen molar-refractivity contribution in [2.24, 2.45) is 0 Å². The number of pyridine rings is 1. The van der Waals surface area contributed by atoms with Crippen LogP contribution in [0.1, 0.15) is 43.0 Å². The summed E-state index contributed by atoms with van der Waals surface area (Å²) >= 11 is 0. The van der Waals surface area contributed by atoms with E-state index in [-0.39, 0.29) is 24.8 Å². The highest BCUT2D eigenvalue weighted by Crippen LogP contribution is 2.44. The lowest BCUT2D eigenvalue weighted by molar-refractivity contribution is 0.0794. The molecule has 0 saturated carbocycles. The van der Waals surface area contributed by atoms with Crippen molar-refractivity contribution >= 4 is 22.8 Å². The van der Waals surface area contributed by atoms with Crippen molar-refractivity contribution in [3.05, 3.63) is 180 Å². The molecule has 0 bridgehead atoms. The molecule has 0 N–H and O–H groups in total. The Balaban J connectivity index is 1.21. The number of carbonyl (C=O) groups excluding carboxylic acids is 1. The normalized spacial score (nSPS) is 14.7.